The largest absolute Gasteiger partial charge is 2.00 e. The standard InChI is InChI=1S/C6H9NO5.Co/c1-4(8)7(2-5(9)10)3-6(11)12;/h2-3H2,1H3,(H,9,10)(H,11,12);/q;+2/p-2. The van der Waals surface area contributed by atoms with Crippen LogP contribution >= 0.6 is 0 Å². The Morgan fingerprint density at radius 2 is 1.38 bits per heavy atom. The minimum Gasteiger partial charge on any atom is -0.548 e. The summed E-state index contributed by atoms with van der Waals surface area (Å²) in [6.07, 6.45) is 0. The maximum absolute atomic E-state index is 10.6. The topological polar surface area (TPSA) is 101 Å². The Morgan fingerprint density at radius 3 is 1.54 bits per heavy atom. The number of hydrogen-bond donors (Lipinski definition) is 0. The number of rotatable bonds is 4. The van der Waals surface area contributed by atoms with Crippen molar-refractivity contribution in [2.45, 2.75) is 6.92 Å². The number of carbonyl (C=O) groups excluding carboxylic acids is 3. The van der Waals surface area contributed by atoms with Crippen molar-refractivity contribution in [3.8, 4) is 0 Å². The molecule has 0 rings (SSSR count). The van der Waals surface area contributed by atoms with Crippen LogP contribution in [0, 0.1) is 0 Å². The molecule has 0 heterocycles. The van der Waals surface area contributed by atoms with E-state index in [1.807, 2.05) is 0 Å². The minimum atomic E-state index is -1.51. The van der Waals surface area contributed by atoms with Crippen molar-refractivity contribution >= 4 is 17.8 Å². The fourth-order valence-corrected chi connectivity index (χ4v) is 0.590. The van der Waals surface area contributed by atoms with Crippen molar-refractivity contribution in [1.29, 1.82) is 0 Å². The van der Waals surface area contributed by atoms with Gasteiger partial charge in [0.2, 0.25) is 5.91 Å². The van der Waals surface area contributed by atoms with Gasteiger partial charge >= 0.3 is 16.8 Å². The molecule has 0 aromatic carbocycles. The smallest absolute Gasteiger partial charge is 0.548 e. The van der Waals surface area contributed by atoms with Gasteiger partial charge in [0.15, 0.2) is 0 Å². The molecular formula is C6H7CoNO5. The van der Waals surface area contributed by atoms with E-state index in [4.69, 9.17) is 0 Å². The van der Waals surface area contributed by atoms with Crippen molar-refractivity contribution in [3.05, 3.63) is 0 Å². The Balaban J connectivity index is 0. The molecule has 0 aliphatic heterocycles. The molecule has 0 saturated carbocycles. The van der Waals surface area contributed by atoms with Gasteiger partial charge in [-0.2, -0.15) is 0 Å². The minimum absolute atomic E-state index is 0. The monoisotopic (exact) mass is 232 g/mol. The van der Waals surface area contributed by atoms with Gasteiger partial charge in [-0.1, -0.05) is 0 Å². The molecule has 1 amide bonds. The van der Waals surface area contributed by atoms with Crippen LogP contribution in [0.3, 0.4) is 0 Å². The Morgan fingerprint density at radius 1 is 1.08 bits per heavy atom. The van der Waals surface area contributed by atoms with Gasteiger partial charge in [0.05, 0.1) is 25.0 Å². The van der Waals surface area contributed by atoms with Crippen LogP contribution in [-0.4, -0.2) is 35.8 Å². The van der Waals surface area contributed by atoms with E-state index in [9.17, 15) is 24.6 Å². The van der Waals surface area contributed by atoms with Gasteiger partial charge in [-0.25, -0.2) is 0 Å². The molecule has 0 N–H and O–H groups in total. The summed E-state index contributed by atoms with van der Waals surface area (Å²) in [5.41, 5.74) is 0. The quantitative estimate of drug-likeness (QED) is 0.497. The van der Waals surface area contributed by atoms with E-state index in [0.29, 0.717) is 4.90 Å². The Bertz CT molecular complexity index is 201. The van der Waals surface area contributed by atoms with Crippen LogP contribution in [0.2, 0.25) is 0 Å². The molecule has 6 nitrogen and oxygen atoms in total. The van der Waals surface area contributed by atoms with E-state index >= 15 is 0 Å². The average Bonchev–Trinajstić information content (AvgIpc) is 1.83. The Kier molecular flexibility index (Phi) is 7.15. The second-order valence-electron chi connectivity index (χ2n) is 2.12. The third-order valence-electron chi connectivity index (χ3n) is 1.09. The SMILES string of the molecule is CC(=O)N(CC(=O)[O-])CC(=O)[O-].[Co+2]. The van der Waals surface area contributed by atoms with Gasteiger partial charge in [-0.3, -0.25) is 4.79 Å². The summed E-state index contributed by atoms with van der Waals surface area (Å²) in [7, 11) is 0. The maximum Gasteiger partial charge on any atom is 2.00 e. The Labute approximate surface area is 84.7 Å². The maximum atomic E-state index is 10.6. The number of carbonyl (C=O) groups is 3. The van der Waals surface area contributed by atoms with Crippen molar-refractivity contribution in [3.63, 3.8) is 0 Å². The van der Waals surface area contributed by atoms with Crippen LogP contribution in [0.15, 0.2) is 0 Å². The van der Waals surface area contributed by atoms with E-state index < -0.39 is 30.9 Å². The molecule has 0 aliphatic carbocycles. The van der Waals surface area contributed by atoms with Crippen LogP contribution in [0.4, 0.5) is 0 Å². The zero-order valence-corrected chi connectivity index (χ0v) is 7.78. The van der Waals surface area contributed by atoms with Crippen molar-refractivity contribution in [2.24, 2.45) is 0 Å². The van der Waals surface area contributed by atoms with E-state index in [2.05, 4.69) is 0 Å². The first kappa shape index (κ1) is 14.4. The molecule has 0 aliphatic rings. The first-order chi connectivity index (χ1) is 5.43. The van der Waals surface area contributed by atoms with E-state index in [1.54, 1.807) is 0 Å². The normalized spacial score (nSPS) is 8.38. The fourth-order valence-electron chi connectivity index (χ4n) is 0.590. The van der Waals surface area contributed by atoms with E-state index in [1.165, 1.54) is 0 Å². The van der Waals surface area contributed by atoms with E-state index in [0.717, 1.165) is 6.92 Å². The molecule has 0 bridgehead atoms. The number of aliphatic carboxylic acids is 2. The zero-order valence-electron chi connectivity index (χ0n) is 6.74. The van der Waals surface area contributed by atoms with Crippen LogP contribution < -0.4 is 10.2 Å². The molecule has 1 radical (unpaired) electrons. The van der Waals surface area contributed by atoms with Crippen LogP contribution in [0.25, 0.3) is 0 Å². The molecule has 0 saturated heterocycles. The van der Waals surface area contributed by atoms with Gasteiger partial charge in [-0.05, 0) is 0 Å². The van der Waals surface area contributed by atoms with E-state index in [-0.39, 0.29) is 16.8 Å². The van der Waals surface area contributed by atoms with Crippen LogP contribution in [-0.2, 0) is 31.2 Å². The Hall–Kier alpha value is -1.08. The summed E-state index contributed by atoms with van der Waals surface area (Å²) in [4.78, 5) is 31.1. The van der Waals surface area contributed by atoms with Gasteiger partial charge in [-0.15, -0.1) is 0 Å². The second kappa shape index (κ2) is 6.43. The number of hydrogen-bond acceptors (Lipinski definition) is 5. The van der Waals surface area contributed by atoms with Crippen LogP contribution in [0.5, 0.6) is 0 Å². The van der Waals surface area contributed by atoms with Gasteiger partial charge in [0.1, 0.15) is 0 Å². The number of amides is 1. The summed E-state index contributed by atoms with van der Waals surface area (Å²) in [6.45, 7) is -0.404. The summed E-state index contributed by atoms with van der Waals surface area (Å²) in [6, 6.07) is 0. The molecule has 75 valence electrons. The molecule has 0 aromatic heterocycles. The first-order valence-corrected chi connectivity index (χ1v) is 3.08. The number of carboxylic acids is 2. The zero-order chi connectivity index (χ0) is 9.72. The third-order valence-corrected chi connectivity index (χ3v) is 1.09. The van der Waals surface area contributed by atoms with Gasteiger partial charge in [0.25, 0.3) is 0 Å². The number of nitrogens with zero attached hydrogens (tertiary/aromatic N) is 1. The third kappa shape index (κ3) is 7.28. The molecular weight excluding hydrogens is 225 g/mol. The molecule has 13 heavy (non-hydrogen) atoms. The van der Waals surface area contributed by atoms with Crippen molar-refractivity contribution in [1.82, 2.24) is 4.90 Å². The summed E-state index contributed by atoms with van der Waals surface area (Å²) in [5, 5.41) is 20.0. The summed E-state index contributed by atoms with van der Waals surface area (Å²) >= 11 is 0. The van der Waals surface area contributed by atoms with Gasteiger partial charge in [0, 0.05) is 6.92 Å². The van der Waals surface area contributed by atoms with Crippen molar-refractivity contribution in [2.75, 3.05) is 13.1 Å². The van der Waals surface area contributed by atoms with Gasteiger partial charge < -0.3 is 24.7 Å². The summed E-state index contributed by atoms with van der Waals surface area (Å²) < 4.78 is 0. The predicted molar refractivity (Wildman–Crippen MR) is 32.3 cm³/mol. The summed E-state index contributed by atoms with van der Waals surface area (Å²) in [5.74, 6) is -3.67. The first-order valence-electron chi connectivity index (χ1n) is 3.08. The molecule has 0 atom stereocenters. The second-order valence-corrected chi connectivity index (χ2v) is 2.12. The molecule has 0 fully saturated rings. The number of carboxylic acid groups (broad SMARTS) is 2. The average molecular weight is 232 g/mol. The molecule has 0 unspecified atom stereocenters. The fraction of sp³-hybridized carbons (Fsp3) is 0.500. The molecule has 7 heteroatoms. The molecule has 0 spiro atoms. The predicted octanol–water partition coefficient (Wildman–Crippen LogP) is -3.67. The van der Waals surface area contributed by atoms with Crippen molar-refractivity contribution < 1.29 is 41.4 Å². The van der Waals surface area contributed by atoms with Crippen LogP contribution in [0.1, 0.15) is 6.92 Å². The molecule has 0 aromatic rings.